The van der Waals surface area contributed by atoms with Gasteiger partial charge in [-0.05, 0) is 51.8 Å². The second-order valence-corrected chi connectivity index (χ2v) is 8.67. The van der Waals surface area contributed by atoms with Gasteiger partial charge in [-0.3, -0.25) is 9.69 Å². The molecule has 0 atom stereocenters. The number of amides is 1. The zero-order valence-electron chi connectivity index (χ0n) is 16.8. The molecule has 0 saturated carbocycles. The molecule has 0 radical (unpaired) electrons. The van der Waals surface area contributed by atoms with Crippen molar-refractivity contribution in [2.24, 2.45) is 0 Å². The van der Waals surface area contributed by atoms with Crippen LogP contribution in [0.3, 0.4) is 0 Å². The van der Waals surface area contributed by atoms with E-state index in [1.165, 1.54) is 0 Å². The topological polar surface area (TPSA) is 76.1 Å². The predicted octanol–water partition coefficient (Wildman–Crippen LogP) is 4.40. The number of carbonyl (C=O) groups excluding carboxylic acids is 1. The van der Waals surface area contributed by atoms with E-state index in [9.17, 15) is 27.9 Å². The molecule has 1 aliphatic heterocycles. The standard InChI is InChI=1S/C20H21ClF3NO5/c1-6-15(26)25(12-7-8-14(13(21)9-12)29-20(22,23)24)19(16(27)28)10-17(2,3)30-18(4,5)11-19/h1,7-9H,10-11H2,2-5H3,(H,27,28). The molecule has 1 aliphatic rings. The SMILES string of the molecule is C#CC(=O)N(c1ccc(OC(F)(F)F)c(Cl)c1)C1(C(=O)O)CC(C)(C)OC(C)(C)C1. The Labute approximate surface area is 176 Å². The van der Waals surface area contributed by atoms with Crippen LogP contribution >= 0.6 is 11.6 Å². The Morgan fingerprint density at radius 1 is 1.23 bits per heavy atom. The minimum absolute atomic E-state index is 0.0756. The number of aliphatic carboxylic acids is 1. The molecule has 30 heavy (non-hydrogen) atoms. The average Bonchev–Trinajstić information content (AvgIpc) is 2.53. The molecule has 1 fully saturated rings. The summed E-state index contributed by atoms with van der Waals surface area (Å²) in [6.45, 7) is 6.71. The first-order chi connectivity index (χ1) is 13.5. The van der Waals surface area contributed by atoms with Gasteiger partial charge in [0, 0.05) is 18.5 Å². The highest BCUT2D eigenvalue weighted by atomic mass is 35.5. The number of terminal acetylenes is 1. The van der Waals surface area contributed by atoms with Crippen molar-refractivity contribution in [2.45, 2.75) is 63.6 Å². The molecule has 0 bridgehead atoms. The van der Waals surface area contributed by atoms with E-state index < -0.39 is 45.8 Å². The molecule has 10 heteroatoms. The summed E-state index contributed by atoms with van der Waals surface area (Å²) in [5.74, 6) is -1.11. The number of benzene rings is 1. The summed E-state index contributed by atoms with van der Waals surface area (Å²) in [4.78, 5) is 26.1. The molecule has 1 saturated heterocycles. The normalized spacial score (nSPS) is 19.4. The van der Waals surface area contributed by atoms with Crippen LogP contribution < -0.4 is 9.64 Å². The molecule has 6 nitrogen and oxygen atoms in total. The Bertz CT molecular complexity index is 889. The Kier molecular flexibility index (Phi) is 6.09. The predicted molar refractivity (Wildman–Crippen MR) is 103 cm³/mol. The van der Waals surface area contributed by atoms with E-state index in [0.29, 0.717) is 0 Å². The molecule has 0 unspecified atom stereocenters. The van der Waals surface area contributed by atoms with Crippen molar-refractivity contribution in [1.29, 1.82) is 0 Å². The van der Waals surface area contributed by atoms with Gasteiger partial charge in [-0.1, -0.05) is 11.6 Å². The number of hydrogen-bond acceptors (Lipinski definition) is 4. The van der Waals surface area contributed by atoms with E-state index >= 15 is 0 Å². The molecule has 1 amide bonds. The first kappa shape index (κ1) is 23.8. The Morgan fingerprint density at radius 3 is 2.17 bits per heavy atom. The minimum Gasteiger partial charge on any atom is -0.479 e. The van der Waals surface area contributed by atoms with Gasteiger partial charge in [0.15, 0.2) is 5.54 Å². The molecular weight excluding hydrogens is 427 g/mol. The van der Waals surface area contributed by atoms with Gasteiger partial charge in [-0.25, -0.2) is 4.79 Å². The van der Waals surface area contributed by atoms with Crippen molar-refractivity contribution in [1.82, 2.24) is 0 Å². The van der Waals surface area contributed by atoms with E-state index in [1.54, 1.807) is 27.7 Å². The van der Waals surface area contributed by atoms with E-state index in [-0.39, 0.29) is 18.5 Å². The van der Waals surface area contributed by atoms with Gasteiger partial charge in [0.1, 0.15) is 5.75 Å². The van der Waals surface area contributed by atoms with Crippen LogP contribution in [0.2, 0.25) is 5.02 Å². The molecule has 0 aliphatic carbocycles. The summed E-state index contributed by atoms with van der Waals surface area (Å²) in [5, 5.41) is 9.71. The van der Waals surface area contributed by atoms with Gasteiger partial charge >= 0.3 is 18.2 Å². The third-order valence-corrected chi connectivity index (χ3v) is 4.84. The van der Waals surface area contributed by atoms with Crippen molar-refractivity contribution >= 4 is 29.2 Å². The third-order valence-electron chi connectivity index (χ3n) is 4.54. The van der Waals surface area contributed by atoms with Crippen molar-refractivity contribution in [3.63, 3.8) is 0 Å². The van der Waals surface area contributed by atoms with Crippen LogP contribution in [-0.2, 0) is 14.3 Å². The van der Waals surface area contributed by atoms with Crippen LogP contribution in [-0.4, -0.2) is 40.1 Å². The summed E-state index contributed by atoms with van der Waals surface area (Å²) in [6, 6.07) is 3.01. The fraction of sp³-hybridized carbons (Fsp3) is 0.500. The first-order valence-corrected chi connectivity index (χ1v) is 9.19. The van der Waals surface area contributed by atoms with Gasteiger partial charge < -0.3 is 14.6 Å². The van der Waals surface area contributed by atoms with E-state index in [4.69, 9.17) is 22.8 Å². The number of hydrogen-bond donors (Lipinski definition) is 1. The number of ether oxygens (including phenoxy) is 2. The minimum atomic E-state index is -4.98. The number of carboxylic acids is 1. The smallest absolute Gasteiger partial charge is 0.479 e. The highest BCUT2D eigenvalue weighted by Crippen LogP contribution is 2.46. The Morgan fingerprint density at radius 2 is 1.77 bits per heavy atom. The molecule has 1 aromatic rings. The maximum atomic E-state index is 12.7. The summed E-state index contributed by atoms with van der Waals surface area (Å²) >= 11 is 5.92. The third kappa shape index (κ3) is 4.99. The number of carboxylic acid groups (broad SMARTS) is 1. The second-order valence-electron chi connectivity index (χ2n) is 8.26. The van der Waals surface area contributed by atoms with E-state index in [0.717, 1.165) is 23.1 Å². The summed E-state index contributed by atoms with van der Waals surface area (Å²) in [5.41, 5.74) is -3.80. The number of alkyl halides is 3. The van der Waals surface area contributed by atoms with Crippen LogP contribution in [0.25, 0.3) is 0 Å². The highest BCUT2D eigenvalue weighted by Gasteiger charge is 2.58. The summed E-state index contributed by atoms with van der Waals surface area (Å²) in [7, 11) is 0. The molecule has 1 N–H and O–H groups in total. The van der Waals surface area contributed by atoms with Gasteiger partial charge in [0.25, 0.3) is 0 Å². The number of halogens is 4. The van der Waals surface area contributed by atoms with Gasteiger partial charge in [0.05, 0.1) is 16.2 Å². The largest absolute Gasteiger partial charge is 0.573 e. The molecule has 1 aromatic carbocycles. The molecular formula is C20H21ClF3NO5. The lowest BCUT2D eigenvalue weighted by molar-refractivity contribution is -0.274. The van der Waals surface area contributed by atoms with Crippen LogP contribution in [0.1, 0.15) is 40.5 Å². The van der Waals surface area contributed by atoms with Crippen molar-refractivity contribution in [3.8, 4) is 18.1 Å². The first-order valence-electron chi connectivity index (χ1n) is 8.82. The fourth-order valence-corrected chi connectivity index (χ4v) is 4.37. The maximum absolute atomic E-state index is 12.7. The van der Waals surface area contributed by atoms with Crippen LogP contribution in [0.5, 0.6) is 5.75 Å². The van der Waals surface area contributed by atoms with Gasteiger partial charge in [-0.15, -0.1) is 19.6 Å². The zero-order valence-corrected chi connectivity index (χ0v) is 17.5. The van der Waals surface area contributed by atoms with Crippen molar-refractivity contribution < 1.29 is 37.3 Å². The summed E-state index contributed by atoms with van der Waals surface area (Å²) < 4.78 is 47.4. The monoisotopic (exact) mass is 447 g/mol. The number of nitrogens with zero attached hydrogens (tertiary/aromatic N) is 1. The van der Waals surface area contributed by atoms with Crippen LogP contribution in [0.15, 0.2) is 18.2 Å². The fourth-order valence-electron chi connectivity index (χ4n) is 4.16. The number of rotatable bonds is 4. The second kappa shape index (κ2) is 7.67. The molecule has 164 valence electrons. The van der Waals surface area contributed by atoms with Gasteiger partial charge in [0.2, 0.25) is 0 Å². The van der Waals surface area contributed by atoms with E-state index in [2.05, 4.69) is 4.74 Å². The number of carbonyl (C=O) groups is 2. The van der Waals surface area contributed by atoms with Gasteiger partial charge in [-0.2, -0.15) is 0 Å². The van der Waals surface area contributed by atoms with Crippen molar-refractivity contribution in [3.05, 3.63) is 23.2 Å². The van der Waals surface area contributed by atoms with Crippen LogP contribution in [0.4, 0.5) is 18.9 Å². The lowest BCUT2D eigenvalue weighted by Crippen LogP contribution is -2.67. The molecule has 0 spiro atoms. The maximum Gasteiger partial charge on any atom is 0.573 e. The lowest BCUT2D eigenvalue weighted by Gasteiger charge is -2.53. The average molecular weight is 448 g/mol. The van der Waals surface area contributed by atoms with Crippen molar-refractivity contribution in [2.75, 3.05) is 4.90 Å². The molecule has 0 aromatic heterocycles. The van der Waals surface area contributed by atoms with E-state index in [1.807, 2.05) is 5.92 Å². The highest BCUT2D eigenvalue weighted by molar-refractivity contribution is 6.32. The zero-order chi connectivity index (χ0) is 23.1. The Hall–Kier alpha value is -2.44. The quantitative estimate of drug-likeness (QED) is 0.692. The molecule has 1 heterocycles. The summed E-state index contributed by atoms with van der Waals surface area (Å²) in [6.07, 6.45) is 0.0740. The Balaban J connectivity index is 2.66. The molecule has 2 rings (SSSR count). The van der Waals surface area contributed by atoms with Crippen LogP contribution in [0, 0.1) is 12.3 Å². The lowest BCUT2D eigenvalue weighted by atomic mass is 9.73. The number of anilines is 1.